The number of thioether (sulfide) groups is 1. The Hall–Kier alpha value is -4.44. The van der Waals surface area contributed by atoms with Gasteiger partial charge in [0, 0.05) is 16.8 Å². The predicted octanol–water partition coefficient (Wildman–Crippen LogP) is 3.88. The lowest BCUT2D eigenvalue weighted by Gasteiger charge is -2.11. The first-order chi connectivity index (χ1) is 17.1. The van der Waals surface area contributed by atoms with Gasteiger partial charge < -0.3 is 9.84 Å². The van der Waals surface area contributed by atoms with E-state index in [-0.39, 0.29) is 17.2 Å². The van der Waals surface area contributed by atoms with E-state index in [4.69, 9.17) is 4.74 Å². The molecule has 0 fully saturated rings. The lowest BCUT2D eigenvalue weighted by molar-refractivity contribution is -0.118. The van der Waals surface area contributed by atoms with Gasteiger partial charge in [-0.1, -0.05) is 60.3 Å². The van der Waals surface area contributed by atoms with Crippen molar-refractivity contribution in [3.8, 4) is 22.8 Å². The third kappa shape index (κ3) is 5.74. The van der Waals surface area contributed by atoms with Crippen LogP contribution in [0, 0.1) is 0 Å². The zero-order chi connectivity index (χ0) is 24.6. The molecule has 3 aromatic carbocycles. The quantitative estimate of drug-likeness (QED) is 0.209. The molecule has 0 radical (unpaired) electrons. The topological polar surface area (TPSA) is 119 Å². The first-order valence-corrected chi connectivity index (χ1v) is 11.5. The molecule has 176 valence electrons. The summed E-state index contributed by atoms with van der Waals surface area (Å²) in [6, 6.07) is 23.5. The molecular formula is C25H21N5O4S. The van der Waals surface area contributed by atoms with Gasteiger partial charge in [0.05, 0.1) is 24.6 Å². The Bertz CT molecular complexity index is 1350. The van der Waals surface area contributed by atoms with Crippen molar-refractivity contribution in [2.24, 2.45) is 5.10 Å². The summed E-state index contributed by atoms with van der Waals surface area (Å²) in [6.07, 6.45) is 1.30. The number of aromatic carboxylic acids is 1. The molecule has 0 aliphatic heterocycles. The number of carbonyl (C=O) groups excluding carboxylic acids is 1. The first kappa shape index (κ1) is 23.7. The number of hydrogen-bond donors (Lipinski definition) is 2. The van der Waals surface area contributed by atoms with Gasteiger partial charge in [-0.15, -0.1) is 10.2 Å². The summed E-state index contributed by atoms with van der Waals surface area (Å²) in [5.74, 6) is -0.0485. The highest BCUT2D eigenvalue weighted by Gasteiger charge is 2.17. The van der Waals surface area contributed by atoms with Gasteiger partial charge in [-0.25, -0.2) is 10.2 Å². The molecule has 1 heterocycles. The Balaban J connectivity index is 1.50. The van der Waals surface area contributed by atoms with Crippen LogP contribution in [0.1, 0.15) is 15.9 Å². The molecule has 1 amide bonds. The lowest BCUT2D eigenvalue weighted by atomic mass is 10.1. The van der Waals surface area contributed by atoms with E-state index >= 15 is 0 Å². The standard InChI is InChI=1S/C25H21N5O4S/c1-34-20-13-11-19(12-14-20)30-23(17-7-3-2-4-8-17)28-29-25(30)35-16-22(31)27-26-15-18-9-5-6-10-21(18)24(32)33/h2-15H,16H2,1H3,(H,27,31)(H,32,33)/b26-15+. The van der Waals surface area contributed by atoms with E-state index in [0.29, 0.717) is 16.5 Å². The number of benzene rings is 3. The molecule has 1 aromatic heterocycles. The molecule has 0 spiro atoms. The van der Waals surface area contributed by atoms with Crippen LogP contribution < -0.4 is 10.2 Å². The van der Waals surface area contributed by atoms with Gasteiger partial charge in [-0.05, 0) is 30.3 Å². The highest BCUT2D eigenvalue weighted by atomic mass is 32.2. The number of nitrogens with zero attached hydrogens (tertiary/aromatic N) is 4. The average Bonchev–Trinajstić information content (AvgIpc) is 3.32. The Morgan fingerprint density at radius 2 is 1.74 bits per heavy atom. The number of hydrogen-bond acceptors (Lipinski definition) is 7. The number of methoxy groups -OCH3 is 1. The maximum absolute atomic E-state index is 12.4. The predicted molar refractivity (Wildman–Crippen MR) is 133 cm³/mol. The van der Waals surface area contributed by atoms with Crippen LogP contribution in [0.5, 0.6) is 5.75 Å². The molecule has 2 N–H and O–H groups in total. The summed E-state index contributed by atoms with van der Waals surface area (Å²) in [7, 11) is 1.60. The molecule has 0 unspecified atom stereocenters. The molecule has 0 aliphatic rings. The summed E-state index contributed by atoms with van der Waals surface area (Å²) < 4.78 is 7.13. The highest BCUT2D eigenvalue weighted by molar-refractivity contribution is 7.99. The van der Waals surface area contributed by atoms with Crippen molar-refractivity contribution in [3.05, 3.63) is 90.0 Å². The van der Waals surface area contributed by atoms with Crippen LogP contribution in [0.4, 0.5) is 0 Å². The number of ether oxygens (including phenoxy) is 1. The minimum atomic E-state index is -1.07. The van der Waals surface area contributed by atoms with Crippen LogP contribution in [-0.2, 0) is 4.79 Å². The molecule has 0 bridgehead atoms. The molecule has 10 heteroatoms. The second-order valence-corrected chi connectivity index (χ2v) is 8.12. The number of carbonyl (C=O) groups is 2. The smallest absolute Gasteiger partial charge is 0.336 e. The van der Waals surface area contributed by atoms with Crippen molar-refractivity contribution in [1.29, 1.82) is 0 Å². The van der Waals surface area contributed by atoms with Crippen LogP contribution in [-0.4, -0.2) is 50.8 Å². The van der Waals surface area contributed by atoms with Gasteiger partial charge in [-0.2, -0.15) is 5.10 Å². The lowest BCUT2D eigenvalue weighted by Crippen LogP contribution is -2.20. The first-order valence-electron chi connectivity index (χ1n) is 10.5. The second kappa shape index (κ2) is 11.1. The number of carboxylic acid groups (broad SMARTS) is 1. The largest absolute Gasteiger partial charge is 0.497 e. The van der Waals surface area contributed by atoms with Gasteiger partial charge >= 0.3 is 5.97 Å². The molecule has 35 heavy (non-hydrogen) atoms. The van der Waals surface area contributed by atoms with Crippen molar-refractivity contribution >= 4 is 29.9 Å². The van der Waals surface area contributed by atoms with Crippen LogP contribution in [0.15, 0.2) is 89.1 Å². The van der Waals surface area contributed by atoms with Gasteiger partial charge in [0.1, 0.15) is 5.75 Å². The Morgan fingerprint density at radius 1 is 1.03 bits per heavy atom. The van der Waals surface area contributed by atoms with Crippen molar-refractivity contribution < 1.29 is 19.4 Å². The van der Waals surface area contributed by atoms with E-state index in [1.165, 1.54) is 24.0 Å². The Labute approximate surface area is 205 Å². The second-order valence-electron chi connectivity index (χ2n) is 7.18. The zero-order valence-electron chi connectivity index (χ0n) is 18.7. The van der Waals surface area contributed by atoms with Crippen molar-refractivity contribution in [1.82, 2.24) is 20.2 Å². The average molecular weight is 488 g/mol. The van der Waals surface area contributed by atoms with Crippen LogP contribution in [0.3, 0.4) is 0 Å². The summed E-state index contributed by atoms with van der Waals surface area (Å²) in [5.41, 5.74) is 4.61. The number of rotatable bonds is 9. The zero-order valence-corrected chi connectivity index (χ0v) is 19.5. The van der Waals surface area contributed by atoms with Crippen LogP contribution >= 0.6 is 11.8 Å². The summed E-state index contributed by atoms with van der Waals surface area (Å²) in [5, 5.41) is 22.3. The van der Waals surface area contributed by atoms with Gasteiger partial charge in [-0.3, -0.25) is 9.36 Å². The van der Waals surface area contributed by atoms with E-state index in [9.17, 15) is 14.7 Å². The molecule has 4 rings (SSSR count). The number of carboxylic acids is 1. The third-order valence-corrected chi connectivity index (χ3v) is 5.84. The Kier molecular flexibility index (Phi) is 7.53. The Morgan fingerprint density at radius 3 is 2.46 bits per heavy atom. The molecule has 0 aliphatic carbocycles. The van der Waals surface area contributed by atoms with Gasteiger partial charge in [0.15, 0.2) is 11.0 Å². The molecular weight excluding hydrogens is 466 g/mol. The van der Waals surface area contributed by atoms with E-state index in [1.807, 2.05) is 59.2 Å². The minimum absolute atomic E-state index is 0.0288. The van der Waals surface area contributed by atoms with E-state index in [2.05, 4.69) is 20.7 Å². The number of aromatic nitrogens is 3. The maximum atomic E-state index is 12.4. The third-order valence-electron chi connectivity index (χ3n) is 4.91. The number of hydrazone groups is 1. The molecule has 0 atom stereocenters. The monoisotopic (exact) mass is 487 g/mol. The van der Waals surface area contributed by atoms with Crippen LogP contribution in [0.25, 0.3) is 17.1 Å². The van der Waals surface area contributed by atoms with Gasteiger partial charge in [0.2, 0.25) is 0 Å². The normalized spacial score (nSPS) is 10.9. The summed E-state index contributed by atoms with van der Waals surface area (Å²) in [6.45, 7) is 0. The van der Waals surface area contributed by atoms with E-state index in [0.717, 1.165) is 17.0 Å². The fourth-order valence-corrected chi connectivity index (χ4v) is 3.99. The molecule has 0 saturated carbocycles. The number of nitrogens with one attached hydrogen (secondary N) is 1. The fraction of sp³-hybridized carbons (Fsp3) is 0.0800. The van der Waals surface area contributed by atoms with Crippen molar-refractivity contribution in [3.63, 3.8) is 0 Å². The molecule has 9 nitrogen and oxygen atoms in total. The maximum Gasteiger partial charge on any atom is 0.336 e. The summed E-state index contributed by atoms with van der Waals surface area (Å²) >= 11 is 1.21. The SMILES string of the molecule is COc1ccc(-n2c(SCC(=O)N/N=C/c3ccccc3C(=O)O)nnc2-c2ccccc2)cc1. The fourth-order valence-electron chi connectivity index (χ4n) is 3.24. The van der Waals surface area contributed by atoms with Crippen LogP contribution in [0.2, 0.25) is 0 Å². The summed E-state index contributed by atoms with van der Waals surface area (Å²) in [4.78, 5) is 23.7. The van der Waals surface area contributed by atoms with Gasteiger partial charge in [0.25, 0.3) is 5.91 Å². The highest BCUT2D eigenvalue weighted by Crippen LogP contribution is 2.28. The van der Waals surface area contributed by atoms with E-state index in [1.54, 1.807) is 25.3 Å². The number of amides is 1. The molecule has 0 saturated heterocycles. The minimum Gasteiger partial charge on any atom is -0.497 e. The van der Waals surface area contributed by atoms with Crippen molar-refractivity contribution in [2.75, 3.05) is 12.9 Å². The van der Waals surface area contributed by atoms with Crippen molar-refractivity contribution in [2.45, 2.75) is 5.16 Å². The van der Waals surface area contributed by atoms with E-state index < -0.39 is 5.97 Å². The molecule has 4 aromatic rings.